The largest absolute Gasteiger partial charge is 0.457 e. The third-order valence-electron chi connectivity index (χ3n) is 7.36. The molecule has 0 radical (unpaired) electrons. The lowest BCUT2D eigenvalue weighted by molar-refractivity contribution is -0.140. The summed E-state index contributed by atoms with van der Waals surface area (Å²) in [6.45, 7) is 7.77. The van der Waals surface area contributed by atoms with Gasteiger partial charge in [0.1, 0.15) is 24.1 Å². The summed E-state index contributed by atoms with van der Waals surface area (Å²) < 4.78 is 35.3. The van der Waals surface area contributed by atoms with Crippen molar-refractivity contribution in [3.8, 4) is 11.5 Å². The maximum Gasteiger partial charge on any atom is 0.264 e. The summed E-state index contributed by atoms with van der Waals surface area (Å²) >= 11 is 0. The Morgan fingerprint density at radius 1 is 0.800 bits per heavy atom. The van der Waals surface area contributed by atoms with Crippen LogP contribution in [0.2, 0.25) is 0 Å². The molecule has 0 saturated carbocycles. The molecule has 0 aliphatic rings. The van der Waals surface area contributed by atoms with Crippen LogP contribution in [0.25, 0.3) is 0 Å². The molecule has 4 rings (SSSR count). The average Bonchev–Trinajstić information content (AvgIpc) is 3.03. The third kappa shape index (κ3) is 8.73. The number of sulfonamides is 1. The molecule has 9 heteroatoms. The number of benzene rings is 4. The quantitative estimate of drug-likeness (QED) is 0.169. The van der Waals surface area contributed by atoms with Crippen molar-refractivity contribution in [2.24, 2.45) is 0 Å². The van der Waals surface area contributed by atoms with E-state index >= 15 is 0 Å². The summed E-state index contributed by atoms with van der Waals surface area (Å²) in [5.74, 6) is 0.401. The molecular weight excluding hydrogens is 586 g/mol. The highest BCUT2D eigenvalue weighted by Crippen LogP contribution is 2.29. The van der Waals surface area contributed by atoms with Crippen LogP contribution in [0.1, 0.15) is 43.4 Å². The number of nitrogens with zero attached hydrogens (tertiary/aromatic N) is 2. The molecule has 0 aliphatic heterocycles. The second-order valence-corrected chi connectivity index (χ2v) is 12.8. The highest BCUT2D eigenvalue weighted by molar-refractivity contribution is 7.92. The lowest BCUT2D eigenvalue weighted by Crippen LogP contribution is -2.52. The third-order valence-corrected chi connectivity index (χ3v) is 9.15. The molecule has 0 spiro atoms. The molecule has 0 saturated heterocycles. The van der Waals surface area contributed by atoms with Gasteiger partial charge in [-0.25, -0.2) is 8.42 Å². The summed E-state index contributed by atoms with van der Waals surface area (Å²) in [5.41, 5.74) is 3.07. The molecule has 4 aromatic carbocycles. The standard InChI is InChI=1S/C36H41N3O5S/c1-5-23-37-36(41)34(6-2)38(25-29-12-10-11-28(4)24-29)35(40)26-39(45(42,43)33-21-15-27(3)16-22-33)30-17-19-32(20-18-30)44-31-13-8-7-9-14-31/h7-22,24,34H,5-6,23,25-26H2,1-4H3,(H,37,41)/t34-/m0/s1. The van der Waals surface area contributed by atoms with Crippen LogP contribution in [0.15, 0.2) is 108 Å². The van der Waals surface area contributed by atoms with Crippen LogP contribution >= 0.6 is 0 Å². The zero-order valence-corrected chi connectivity index (χ0v) is 27.1. The summed E-state index contributed by atoms with van der Waals surface area (Å²) in [5, 5.41) is 2.91. The van der Waals surface area contributed by atoms with Crippen LogP contribution in [0.5, 0.6) is 11.5 Å². The number of ether oxygens (including phenoxy) is 1. The molecule has 0 unspecified atom stereocenters. The van der Waals surface area contributed by atoms with Crippen molar-refractivity contribution < 1.29 is 22.7 Å². The average molecular weight is 628 g/mol. The predicted molar refractivity (Wildman–Crippen MR) is 178 cm³/mol. The fraction of sp³-hybridized carbons (Fsp3) is 0.278. The zero-order valence-electron chi connectivity index (χ0n) is 26.3. The maximum absolute atomic E-state index is 14.3. The maximum atomic E-state index is 14.3. The second kappa shape index (κ2) is 15.4. The first-order valence-corrected chi connectivity index (χ1v) is 16.6. The molecule has 45 heavy (non-hydrogen) atoms. The van der Waals surface area contributed by atoms with Gasteiger partial charge in [-0.2, -0.15) is 0 Å². The SMILES string of the molecule is CCCNC(=O)[C@H](CC)N(Cc1cccc(C)c1)C(=O)CN(c1ccc(Oc2ccccc2)cc1)S(=O)(=O)c1ccc(C)cc1. The summed E-state index contributed by atoms with van der Waals surface area (Å²) in [7, 11) is -4.17. The zero-order chi connectivity index (χ0) is 32.4. The molecular formula is C36H41N3O5S. The van der Waals surface area contributed by atoms with Gasteiger partial charge in [0.05, 0.1) is 10.6 Å². The molecule has 1 atom stereocenters. The van der Waals surface area contributed by atoms with Gasteiger partial charge in [-0.3, -0.25) is 13.9 Å². The van der Waals surface area contributed by atoms with Gasteiger partial charge in [0.2, 0.25) is 11.8 Å². The first-order chi connectivity index (χ1) is 21.6. The summed E-state index contributed by atoms with van der Waals surface area (Å²) in [4.78, 5) is 29.1. The Kier molecular flexibility index (Phi) is 11.4. The minimum atomic E-state index is -4.17. The number of carbonyl (C=O) groups is 2. The Bertz CT molecular complexity index is 1670. The Labute approximate surface area is 266 Å². The normalized spacial score (nSPS) is 11.8. The number of para-hydroxylation sites is 1. The van der Waals surface area contributed by atoms with E-state index in [0.717, 1.165) is 27.4 Å². The van der Waals surface area contributed by atoms with E-state index in [1.807, 2.05) is 82.3 Å². The monoisotopic (exact) mass is 627 g/mol. The fourth-order valence-electron chi connectivity index (χ4n) is 4.96. The van der Waals surface area contributed by atoms with Crippen molar-refractivity contribution >= 4 is 27.5 Å². The van der Waals surface area contributed by atoms with E-state index in [2.05, 4.69) is 5.32 Å². The fourth-order valence-corrected chi connectivity index (χ4v) is 6.38. The highest BCUT2D eigenvalue weighted by atomic mass is 32.2. The molecule has 8 nitrogen and oxygen atoms in total. The van der Waals surface area contributed by atoms with E-state index in [1.54, 1.807) is 36.4 Å². The van der Waals surface area contributed by atoms with Crippen molar-refractivity contribution in [1.29, 1.82) is 0 Å². The number of nitrogens with one attached hydrogen (secondary N) is 1. The van der Waals surface area contributed by atoms with Crippen LogP contribution in [0, 0.1) is 13.8 Å². The van der Waals surface area contributed by atoms with Gasteiger partial charge in [0, 0.05) is 13.1 Å². The van der Waals surface area contributed by atoms with Gasteiger partial charge in [0.25, 0.3) is 10.0 Å². The van der Waals surface area contributed by atoms with Crippen LogP contribution in [-0.2, 0) is 26.2 Å². The van der Waals surface area contributed by atoms with Crippen LogP contribution in [-0.4, -0.2) is 44.3 Å². The summed E-state index contributed by atoms with van der Waals surface area (Å²) in [6, 6.07) is 29.3. The first-order valence-electron chi connectivity index (χ1n) is 15.2. The van der Waals surface area contributed by atoms with E-state index in [4.69, 9.17) is 4.74 Å². The van der Waals surface area contributed by atoms with Crippen molar-refractivity contribution in [2.75, 3.05) is 17.4 Å². The molecule has 0 aliphatic carbocycles. The lowest BCUT2D eigenvalue weighted by atomic mass is 10.1. The smallest absolute Gasteiger partial charge is 0.264 e. The van der Waals surface area contributed by atoms with Crippen molar-refractivity contribution in [3.05, 3.63) is 120 Å². The Balaban J connectivity index is 1.72. The number of hydrogen-bond donors (Lipinski definition) is 1. The summed E-state index contributed by atoms with van der Waals surface area (Å²) in [6.07, 6.45) is 1.11. The first kappa shape index (κ1) is 33.3. The molecule has 0 fully saturated rings. The minimum Gasteiger partial charge on any atom is -0.457 e. The van der Waals surface area contributed by atoms with Gasteiger partial charge < -0.3 is 15.0 Å². The van der Waals surface area contributed by atoms with Gasteiger partial charge in [-0.15, -0.1) is 0 Å². The van der Waals surface area contributed by atoms with E-state index in [-0.39, 0.29) is 17.3 Å². The number of rotatable bonds is 14. The van der Waals surface area contributed by atoms with E-state index in [9.17, 15) is 18.0 Å². The molecule has 0 bridgehead atoms. The van der Waals surface area contributed by atoms with Gasteiger partial charge >= 0.3 is 0 Å². The van der Waals surface area contributed by atoms with Crippen molar-refractivity contribution in [3.63, 3.8) is 0 Å². The predicted octanol–water partition coefficient (Wildman–Crippen LogP) is 6.62. The number of carbonyl (C=O) groups excluding carboxylic acids is 2. The van der Waals surface area contributed by atoms with Crippen LogP contribution < -0.4 is 14.4 Å². The lowest BCUT2D eigenvalue weighted by Gasteiger charge is -2.33. The van der Waals surface area contributed by atoms with Crippen LogP contribution in [0.4, 0.5) is 5.69 Å². The Morgan fingerprint density at radius 2 is 1.47 bits per heavy atom. The Hall–Kier alpha value is -4.63. The van der Waals surface area contributed by atoms with E-state index in [1.165, 1.54) is 17.0 Å². The minimum absolute atomic E-state index is 0.0588. The van der Waals surface area contributed by atoms with Crippen molar-refractivity contribution in [1.82, 2.24) is 10.2 Å². The topological polar surface area (TPSA) is 96.0 Å². The molecule has 2 amide bonds. The number of amides is 2. The van der Waals surface area contributed by atoms with Gasteiger partial charge in [-0.1, -0.05) is 79.6 Å². The molecule has 1 N–H and O–H groups in total. The van der Waals surface area contributed by atoms with E-state index < -0.39 is 28.5 Å². The second-order valence-electron chi connectivity index (χ2n) is 11.0. The molecule has 0 heterocycles. The van der Waals surface area contributed by atoms with Gasteiger partial charge in [-0.05, 0) is 80.8 Å². The molecule has 0 aromatic heterocycles. The van der Waals surface area contributed by atoms with Crippen molar-refractivity contribution in [2.45, 2.75) is 58.0 Å². The number of hydrogen-bond acceptors (Lipinski definition) is 5. The molecule has 236 valence electrons. The van der Waals surface area contributed by atoms with Gasteiger partial charge in [0.15, 0.2) is 0 Å². The van der Waals surface area contributed by atoms with E-state index in [0.29, 0.717) is 30.2 Å². The number of aryl methyl sites for hydroxylation is 2. The van der Waals surface area contributed by atoms with Crippen LogP contribution in [0.3, 0.4) is 0 Å². The highest BCUT2D eigenvalue weighted by Gasteiger charge is 2.33. The number of anilines is 1. The molecule has 4 aromatic rings. The Morgan fingerprint density at radius 3 is 2.09 bits per heavy atom.